The first-order valence-electron chi connectivity index (χ1n) is 15.6. The molecule has 43 heavy (non-hydrogen) atoms. The lowest BCUT2D eigenvalue weighted by molar-refractivity contribution is -0.154. The van der Waals surface area contributed by atoms with Crippen LogP contribution in [0.25, 0.3) is 10.8 Å². The number of aliphatic hydroxyl groups is 1. The molecule has 6 atom stereocenters. The van der Waals surface area contributed by atoms with Gasteiger partial charge in [-0.3, -0.25) is 14.4 Å². The number of allylic oxidation sites excluding steroid dienone is 1. The molecule has 2 aromatic carbocycles. The molecule has 1 N–H and O–H groups in total. The minimum Gasteiger partial charge on any atom is -0.465 e. The maximum absolute atomic E-state index is 14.9. The second-order valence-corrected chi connectivity index (χ2v) is 14.1. The van der Waals surface area contributed by atoms with Gasteiger partial charge in [0.05, 0.1) is 35.8 Å². The van der Waals surface area contributed by atoms with Crippen molar-refractivity contribution in [2.75, 3.05) is 24.7 Å². The van der Waals surface area contributed by atoms with Crippen molar-refractivity contribution >= 4 is 46.0 Å². The molecule has 1 spiro atoms. The van der Waals surface area contributed by atoms with Crippen LogP contribution >= 0.6 is 11.8 Å². The molecule has 2 amide bonds. The molecule has 5 rings (SSSR count). The topological polar surface area (TPSA) is 87.2 Å². The molecule has 3 saturated heterocycles. The molecule has 0 radical (unpaired) electrons. The number of nitrogens with zero attached hydrogens (tertiary/aromatic N) is 2. The summed E-state index contributed by atoms with van der Waals surface area (Å²) in [7, 11) is 0. The zero-order chi connectivity index (χ0) is 30.7. The summed E-state index contributed by atoms with van der Waals surface area (Å²) in [6, 6.07) is 12.6. The Morgan fingerprint density at radius 1 is 1.16 bits per heavy atom. The van der Waals surface area contributed by atoms with E-state index in [4.69, 9.17) is 4.74 Å². The minimum atomic E-state index is -0.812. The van der Waals surface area contributed by atoms with Crippen LogP contribution in [0.3, 0.4) is 0 Å². The van der Waals surface area contributed by atoms with E-state index in [0.717, 1.165) is 42.1 Å². The Balaban J connectivity index is 1.52. The molecule has 3 fully saturated rings. The lowest BCUT2D eigenvalue weighted by Gasteiger charge is -2.40. The van der Waals surface area contributed by atoms with Crippen LogP contribution in [0, 0.1) is 17.8 Å². The normalized spacial score (nSPS) is 26.5. The third-order valence-electron chi connectivity index (χ3n) is 9.26. The fraction of sp³-hybridized carbons (Fsp3) is 0.514. The Labute approximate surface area is 259 Å². The highest BCUT2D eigenvalue weighted by atomic mass is 32.2. The molecule has 2 aromatic rings. The monoisotopic (exact) mass is 604 g/mol. The quantitative estimate of drug-likeness (QED) is 0.168. The maximum Gasteiger partial charge on any atom is 0.310 e. The first kappa shape index (κ1) is 31.3. The Morgan fingerprint density at radius 2 is 1.93 bits per heavy atom. The number of rotatable bonds is 14. The van der Waals surface area contributed by atoms with Crippen molar-refractivity contribution in [3.05, 3.63) is 67.8 Å². The first-order valence-corrected chi connectivity index (χ1v) is 16.4. The molecule has 8 heteroatoms. The van der Waals surface area contributed by atoms with E-state index >= 15 is 0 Å². The van der Waals surface area contributed by atoms with E-state index in [0.29, 0.717) is 19.4 Å². The summed E-state index contributed by atoms with van der Waals surface area (Å²) in [6.07, 6.45) is 8.00. The number of thioether (sulfide) groups is 1. The first-order chi connectivity index (χ1) is 20.8. The van der Waals surface area contributed by atoms with Gasteiger partial charge in [-0.15, -0.1) is 24.9 Å². The van der Waals surface area contributed by atoms with E-state index in [-0.39, 0.29) is 42.1 Å². The van der Waals surface area contributed by atoms with E-state index in [1.54, 1.807) is 27.6 Å². The van der Waals surface area contributed by atoms with E-state index in [2.05, 4.69) is 13.2 Å². The smallest absolute Gasteiger partial charge is 0.310 e. The predicted octanol–water partition coefficient (Wildman–Crippen LogP) is 5.76. The van der Waals surface area contributed by atoms with Crippen LogP contribution in [0.4, 0.5) is 5.69 Å². The second kappa shape index (κ2) is 13.3. The number of amides is 2. The summed E-state index contributed by atoms with van der Waals surface area (Å²) in [5.74, 6) is -1.81. The van der Waals surface area contributed by atoms with Crippen LogP contribution in [-0.2, 0) is 19.1 Å². The SMILES string of the molecule is C=CCCCCOC(=O)[C@@H]1[C@@H]2CCC3(S2)C(C(=O)N(CC=C)c2ccc4ccccc4c2)N([C@@H](CO)CC(C)C)C(=O)[C@H]13. The van der Waals surface area contributed by atoms with Crippen molar-refractivity contribution in [1.29, 1.82) is 0 Å². The highest BCUT2D eigenvalue weighted by Gasteiger charge is 2.74. The number of fused-ring (bicyclic) bond motifs is 2. The van der Waals surface area contributed by atoms with Crippen LogP contribution < -0.4 is 4.90 Å². The fourth-order valence-electron chi connectivity index (χ4n) is 7.46. The fourth-order valence-corrected chi connectivity index (χ4v) is 9.64. The van der Waals surface area contributed by atoms with Crippen molar-refractivity contribution < 1.29 is 24.2 Å². The summed E-state index contributed by atoms with van der Waals surface area (Å²) in [5.41, 5.74) is 0.730. The van der Waals surface area contributed by atoms with Gasteiger partial charge >= 0.3 is 5.97 Å². The molecule has 2 bridgehead atoms. The van der Waals surface area contributed by atoms with E-state index in [1.165, 1.54) is 0 Å². The molecule has 7 nitrogen and oxygen atoms in total. The van der Waals surface area contributed by atoms with E-state index in [9.17, 15) is 19.5 Å². The summed E-state index contributed by atoms with van der Waals surface area (Å²) >= 11 is 1.63. The Hall–Kier alpha value is -3.10. The van der Waals surface area contributed by atoms with Gasteiger partial charge in [0, 0.05) is 17.5 Å². The molecule has 0 aromatic heterocycles. The third-order valence-corrected chi connectivity index (χ3v) is 11.2. The van der Waals surface area contributed by atoms with Crippen molar-refractivity contribution in [3.63, 3.8) is 0 Å². The number of hydrogen-bond donors (Lipinski definition) is 1. The van der Waals surface area contributed by atoms with Gasteiger partial charge in [0.25, 0.3) is 5.91 Å². The third kappa shape index (κ3) is 5.76. The van der Waals surface area contributed by atoms with Crippen LogP contribution in [0.1, 0.15) is 52.4 Å². The number of benzene rings is 2. The van der Waals surface area contributed by atoms with Gasteiger partial charge in [-0.25, -0.2) is 0 Å². The average Bonchev–Trinajstić information content (AvgIpc) is 3.65. The number of esters is 1. The van der Waals surface area contributed by atoms with Crippen molar-refractivity contribution in [1.82, 2.24) is 4.90 Å². The molecule has 230 valence electrons. The van der Waals surface area contributed by atoms with Gasteiger partial charge < -0.3 is 19.6 Å². The molecule has 3 aliphatic rings. The maximum atomic E-state index is 14.9. The van der Waals surface area contributed by atoms with Crippen molar-refractivity contribution in [2.45, 2.75) is 74.5 Å². The summed E-state index contributed by atoms with van der Waals surface area (Å²) < 4.78 is 4.98. The number of carbonyl (C=O) groups excluding carboxylic acids is 3. The Bertz CT molecular complexity index is 1380. The van der Waals surface area contributed by atoms with Crippen LogP contribution in [0.15, 0.2) is 67.8 Å². The number of aliphatic hydroxyl groups excluding tert-OH is 1. The zero-order valence-corrected chi connectivity index (χ0v) is 26.1. The highest BCUT2D eigenvalue weighted by Crippen LogP contribution is 2.67. The van der Waals surface area contributed by atoms with Gasteiger partial charge in [-0.05, 0) is 67.3 Å². The molecular weight excluding hydrogens is 560 g/mol. The second-order valence-electron chi connectivity index (χ2n) is 12.5. The van der Waals surface area contributed by atoms with Gasteiger partial charge in [0.1, 0.15) is 6.04 Å². The van der Waals surface area contributed by atoms with Gasteiger partial charge in [-0.2, -0.15) is 0 Å². The Kier molecular flexibility index (Phi) is 9.67. The van der Waals surface area contributed by atoms with Gasteiger partial charge in [0.2, 0.25) is 5.91 Å². The molecule has 3 heterocycles. The molecule has 0 aliphatic carbocycles. The Morgan fingerprint density at radius 3 is 2.63 bits per heavy atom. The number of likely N-dealkylation sites (tertiary alicyclic amines) is 1. The standard InChI is InChI=1S/C35H44N2O5S/c1-5-7-8-11-19-42-34(41)29-28-16-17-35(43-28)30(29)32(39)37(27(22-38)20-23(3)4)31(35)33(40)36(18-6-2)26-15-14-24-12-9-10-13-25(24)21-26/h5-6,9-10,12-15,21,23,27-31,38H,1-2,7-8,11,16-20,22H2,3-4H3/t27-,28+,29-,30+,31?,35?/m1/s1. The minimum absolute atomic E-state index is 0.0710. The average molecular weight is 605 g/mol. The molecule has 2 unspecified atom stereocenters. The van der Waals surface area contributed by atoms with Gasteiger partial charge in [-0.1, -0.05) is 56.3 Å². The summed E-state index contributed by atoms with van der Waals surface area (Å²) in [4.78, 5) is 46.3. The largest absolute Gasteiger partial charge is 0.465 e. The number of hydrogen-bond acceptors (Lipinski definition) is 6. The molecule has 3 aliphatic heterocycles. The van der Waals surface area contributed by atoms with Crippen LogP contribution in [0.2, 0.25) is 0 Å². The lowest BCUT2D eigenvalue weighted by atomic mass is 9.71. The van der Waals surface area contributed by atoms with Crippen LogP contribution in [0.5, 0.6) is 0 Å². The number of unbranched alkanes of at least 4 members (excludes halogenated alkanes) is 2. The summed E-state index contributed by atoms with van der Waals surface area (Å²) in [6.45, 7) is 12.1. The molecule has 0 saturated carbocycles. The number of carbonyl (C=O) groups is 3. The van der Waals surface area contributed by atoms with E-state index in [1.807, 2.05) is 62.4 Å². The van der Waals surface area contributed by atoms with Crippen molar-refractivity contribution in [2.24, 2.45) is 17.8 Å². The lowest BCUT2D eigenvalue weighted by Crippen LogP contribution is -2.57. The van der Waals surface area contributed by atoms with E-state index < -0.39 is 28.7 Å². The number of ether oxygens (including phenoxy) is 1. The zero-order valence-electron chi connectivity index (χ0n) is 25.3. The molecular formula is C35H44N2O5S. The van der Waals surface area contributed by atoms with Crippen LogP contribution in [-0.4, -0.2) is 69.6 Å². The van der Waals surface area contributed by atoms with Gasteiger partial charge in [0.15, 0.2) is 0 Å². The summed E-state index contributed by atoms with van der Waals surface area (Å²) in [5, 5.41) is 12.6. The predicted molar refractivity (Wildman–Crippen MR) is 173 cm³/mol. The number of anilines is 1. The highest BCUT2D eigenvalue weighted by molar-refractivity contribution is 8.02. The van der Waals surface area contributed by atoms with Crippen molar-refractivity contribution in [3.8, 4) is 0 Å².